The maximum atomic E-state index is 11.0. The molecule has 1 N–H and O–H groups in total. The summed E-state index contributed by atoms with van der Waals surface area (Å²) < 4.78 is 5.17. The molecule has 78 valence electrons. The summed E-state index contributed by atoms with van der Waals surface area (Å²) in [6.45, 7) is 4.36. The standard InChI is InChI=1S/C12H13NO2/c1-2-9-3-5-10(6-4-9)11-7-8-13-12(14)15-11/h2-6,11H,1,7-8H2,(H,13,14)/t11-/m1/s1. The molecule has 0 aromatic heterocycles. The highest BCUT2D eigenvalue weighted by atomic mass is 16.6. The van der Waals surface area contributed by atoms with Crippen LogP contribution in [0.4, 0.5) is 4.79 Å². The zero-order chi connectivity index (χ0) is 10.7. The molecule has 0 aliphatic carbocycles. The molecule has 1 heterocycles. The molecule has 15 heavy (non-hydrogen) atoms. The number of hydrogen-bond acceptors (Lipinski definition) is 2. The Hall–Kier alpha value is -1.77. The van der Waals surface area contributed by atoms with Gasteiger partial charge in [0, 0.05) is 13.0 Å². The van der Waals surface area contributed by atoms with Crippen molar-refractivity contribution in [3.05, 3.63) is 42.0 Å². The van der Waals surface area contributed by atoms with Crippen molar-refractivity contribution < 1.29 is 9.53 Å². The van der Waals surface area contributed by atoms with Crippen molar-refractivity contribution in [3.63, 3.8) is 0 Å². The molecule has 1 saturated heterocycles. The van der Waals surface area contributed by atoms with Crippen molar-refractivity contribution in [2.45, 2.75) is 12.5 Å². The molecular formula is C12H13NO2. The first-order valence-electron chi connectivity index (χ1n) is 4.96. The average Bonchev–Trinajstić information content (AvgIpc) is 2.29. The topological polar surface area (TPSA) is 38.3 Å². The van der Waals surface area contributed by atoms with Crippen LogP contribution in [0, 0.1) is 0 Å². The number of cyclic esters (lactones) is 1. The third kappa shape index (κ3) is 2.18. The summed E-state index contributed by atoms with van der Waals surface area (Å²) >= 11 is 0. The summed E-state index contributed by atoms with van der Waals surface area (Å²) in [6, 6.07) is 7.89. The summed E-state index contributed by atoms with van der Waals surface area (Å²) in [7, 11) is 0. The van der Waals surface area contributed by atoms with Crippen LogP contribution in [0.3, 0.4) is 0 Å². The quantitative estimate of drug-likeness (QED) is 0.802. The first-order valence-corrected chi connectivity index (χ1v) is 4.96. The van der Waals surface area contributed by atoms with E-state index in [2.05, 4.69) is 11.9 Å². The predicted molar refractivity (Wildman–Crippen MR) is 58.4 cm³/mol. The smallest absolute Gasteiger partial charge is 0.407 e. The van der Waals surface area contributed by atoms with Crippen molar-refractivity contribution in [2.75, 3.05) is 6.54 Å². The van der Waals surface area contributed by atoms with Crippen LogP contribution in [0.25, 0.3) is 6.08 Å². The van der Waals surface area contributed by atoms with Gasteiger partial charge in [-0.1, -0.05) is 36.9 Å². The molecule has 1 amide bonds. The number of hydrogen-bond donors (Lipinski definition) is 1. The van der Waals surface area contributed by atoms with E-state index in [4.69, 9.17) is 4.74 Å². The number of rotatable bonds is 2. The highest BCUT2D eigenvalue weighted by Crippen LogP contribution is 2.23. The molecule has 0 radical (unpaired) electrons. The van der Waals surface area contributed by atoms with Crippen molar-refractivity contribution in [1.29, 1.82) is 0 Å². The molecule has 0 bridgehead atoms. The monoisotopic (exact) mass is 203 g/mol. The molecule has 1 atom stereocenters. The van der Waals surface area contributed by atoms with Gasteiger partial charge in [0.25, 0.3) is 0 Å². The van der Waals surface area contributed by atoms with Crippen LogP contribution in [0.2, 0.25) is 0 Å². The third-order valence-electron chi connectivity index (χ3n) is 2.47. The maximum absolute atomic E-state index is 11.0. The average molecular weight is 203 g/mol. The van der Waals surface area contributed by atoms with E-state index in [0.717, 1.165) is 17.5 Å². The Labute approximate surface area is 88.8 Å². The highest BCUT2D eigenvalue weighted by molar-refractivity contribution is 5.68. The second-order valence-corrected chi connectivity index (χ2v) is 3.48. The summed E-state index contributed by atoms with van der Waals surface area (Å²) in [5.74, 6) is 0. The van der Waals surface area contributed by atoms with Gasteiger partial charge in [-0.3, -0.25) is 0 Å². The molecule has 0 saturated carbocycles. The number of ether oxygens (including phenoxy) is 1. The third-order valence-corrected chi connectivity index (χ3v) is 2.47. The molecule has 3 heteroatoms. The number of benzene rings is 1. The van der Waals surface area contributed by atoms with E-state index in [1.54, 1.807) is 6.08 Å². The Morgan fingerprint density at radius 1 is 1.40 bits per heavy atom. The Bertz CT molecular complexity index is 370. The number of carbonyl (C=O) groups excluding carboxylic acids is 1. The summed E-state index contributed by atoms with van der Waals surface area (Å²) in [6.07, 6.45) is 2.16. The molecule has 3 nitrogen and oxygen atoms in total. The molecule has 1 aromatic rings. The fourth-order valence-electron chi connectivity index (χ4n) is 1.62. The van der Waals surface area contributed by atoms with Crippen molar-refractivity contribution in [2.24, 2.45) is 0 Å². The van der Waals surface area contributed by atoms with Gasteiger partial charge in [-0.2, -0.15) is 0 Å². The zero-order valence-electron chi connectivity index (χ0n) is 8.40. The zero-order valence-corrected chi connectivity index (χ0v) is 8.40. The molecule has 0 unspecified atom stereocenters. The Balaban J connectivity index is 2.14. The van der Waals surface area contributed by atoms with Gasteiger partial charge >= 0.3 is 6.09 Å². The fraction of sp³-hybridized carbons (Fsp3) is 0.250. The maximum Gasteiger partial charge on any atom is 0.407 e. The normalized spacial score (nSPS) is 20.3. The second kappa shape index (κ2) is 4.17. The van der Waals surface area contributed by atoms with Gasteiger partial charge < -0.3 is 10.1 Å². The number of alkyl carbamates (subject to hydrolysis) is 1. The lowest BCUT2D eigenvalue weighted by atomic mass is 10.0. The van der Waals surface area contributed by atoms with E-state index in [1.807, 2.05) is 24.3 Å². The minimum atomic E-state index is -0.334. The van der Waals surface area contributed by atoms with E-state index in [1.165, 1.54) is 0 Å². The van der Waals surface area contributed by atoms with Crippen LogP contribution >= 0.6 is 0 Å². The van der Waals surface area contributed by atoms with E-state index in [-0.39, 0.29) is 12.2 Å². The first kappa shape index (κ1) is 9.77. The number of carbonyl (C=O) groups is 1. The van der Waals surface area contributed by atoms with Gasteiger partial charge in [0.2, 0.25) is 0 Å². The molecule has 0 spiro atoms. The second-order valence-electron chi connectivity index (χ2n) is 3.48. The van der Waals surface area contributed by atoms with Crippen LogP contribution in [0.15, 0.2) is 30.8 Å². The molecule has 1 aliphatic rings. The van der Waals surface area contributed by atoms with Crippen molar-refractivity contribution >= 4 is 12.2 Å². The minimum absolute atomic E-state index is 0.113. The first-order chi connectivity index (χ1) is 7.29. The van der Waals surface area contributed by atoms with Crippen LogP contribution in [-0.2, 0) is 4.74 Å². The molecule has 1 fully saturated rings. The Kier molecular flexibility index (Phi) is 2.72. The van der Waals surface area contributed by atoms with E-state index < -0.39 is 0 Å². The number of amides is 1. The summed E-state index contributed by atoms with van der Waals surface area (Å²) in [4.78, 5) is 11.0. The van der Waals surface area contributed by atoms with Crippen LogP contribution in [-0.4, -0.2) is 12.6 Å². The van der Waals surface area contributed by atoms with Gasteiger partial charge in [0.1, 0.15) is 6.10 Å². The van der Waals surface area contributed by atoms with Gasteiger partial charge in [-0.15, -0.1) is 0 Å². The van der Waals surface area contributed by atoms with Gasteiger partial charge in [0.05, 0.1) is 0 Å². The van der Waals surface area contributed by atoms with Gasteiger partial charge in [0.15, 0.2) is 0 Å². The number of nitrogens with one attached hydrogen (secondary N) is 1. The largest absolute Gasteiger partial charge is 0.441 e. The van der Waals surface area contributed by atoms with Crippen molar-refractivity contribution in [1.82, 2.24) is 5.32 Å². The van der Waals surface area contributed by atoms with Crippen LogP contribution < -0.4 is 5.32 Å². The SMILES string of the molecule is C=Cc1ccc([C@H]2CCNC(=O)O2)cc1. The predicted octanol–water partition coefficient (Wildman–Crippen LogP) is 2.50. The highest BCUT2D eigenvalue weighted by Gasteiger charge is 2.20. The lowest BCUT2D eigenvalue weighted by molar-refractivity contribution is 0.0739. The fourth-order valence-corrected chi connectivity index (χ4v) is 1.62. The molecular weight excluding hydrogens is 190 g/mol. The van der Waals surface area contributed by atoms with E-state index >= 15 is 0 Å². The van der Waals surface area contributed by atoms with E-state index in [9.17, 15) is 4.79 Å². The molecule has 2 rings (SSSR count). The summed E-state index contributed by atoms with van der Waals surface area (Å²) in [5.41, 5.74) is 2.11. The molecule has 1 aromatic carbocycles. The molecule has 1 aliphatic heterocycles. The Morgan fingerprint density at radius 3 is 2.73 bits per heavy atom. The minimum Gasteiger partial charge on any atom is -0.441 e. The summed E-state index contributed by atoms with van der Waals surface area (Å²) in [5, 5.41) is 2.63. The van der Waals surface area contributed by atoms with Crippen molar-refractivity contribution in [3.8, 4) is 0 Å². The Morgan fingerprint density at radius 2 is 2.13 bits per heavy atom. The van der Waals surface area contributed by atoms with Crippen LogP contribution in [0.5, 0.6) is 0 Å². The lowest BCUT2D eigenvalue weighted by Gasteiger charge is -2.23. The van der Waals surface area contributed by atoms with Gasteiger partial charge in [-0.25, -0.2) is 4.79 Å². The van der Waals surface area contributed by atoms with Gasteiger partial charge in [-0.05, 0) is 11.1 Å². The lowest BCUT2D eigenvalue weighted by Crippen LogP contribution is -2.33. The van der Waals surface area contributed by atoms with Crippen LogP contribution in [0.1, 0.15) is 23.7 Å². The van der Waals surface area contributed by atoms with E-state index in [0.29, 0.717) is 6.54 Å².